The minimum absolute atomic E-state index is 0. The first-order valence-electron chi connectivity index (χ1n) is 4.86. The van der Waals surface area contributed by atoms with Gasteiger partial charge in [-0.2, -0.15) is 0 Å². The van der Waals surface area contributed by atoms with Crippen LogP contribution in [0.5, 0.6) is 0 Å². The van der Waals surface area contributed by atoms with E-state index in [0.29, 0.717) is 0 Å². The van der Waals surface area contributed by atoms with E-state index in [4.69, 9.17) is 0 Å². The zero-order valence-electron chi connectivity index (χ0n) is 9.65. The molecule has 0 saturated carbocycles. The molecule has 2 rings (SSSR count). The van der Waals surface area contributed by atoms with Crippen LogP contribution in [0.2, 0.25) is 0.831 Å². The maximum atomic E-state index is 2.63. The van der Waals surface area contributed by atoms with Gasteiger partial charge in [-0.25, -0.2) is 0 Å². The maximum absolute atomic E-state index is 2.63. The minimum atomic E-state index is -0.245. The van der Waals surface area contributed by atoms with Gasteiger partial charge < -0.3 is 0 Å². The monoisotopic (exact) mass is 726 g/mol. The Morgan fingerprint density at radius 3 is 2.44 bits per heavy atom. The zero-order valence-corrected chi connectivity index (χ0v) is 20.7. The average Bonchev–Trinajstić information content (AvgIpc) is 2.72. The van der Waals surface area contributed by atoms with Gasteiger partial charge in [0.05, 0.1) is 0 Å². The molecule has 1 heterocycles. The summed E-state index contributed by atoms with van der Waals surface area (Å²) in [6, 6.07) is 0. The molecule has 0 radical (unpaired) electrons. The zero-order chi connectivity index (χ0) is 10.2. The number of hydrogen-bond acceptors (Lipinski definition) is 0. The Morgan fingerprint density at radius 2 is 2.00 bits per heavy atom. The normalized spacial score (nSPS) is 26.3. The van der Waals surface area contributed by atoms with Gasteiger partial charge in [0.1, 0.15) is 0 Å². The van der Waals surface area contributed by atoms with Crippen LogP contribution in [0.4, 0.5) is 0 Å². The molecule has 5 heteroatoms. The SMILES string of the molecule is C[C]1=C(C)[C](C)([Zr][C]2=CC=CC2)[Bi]=[Bi]1.Cl.Cl. The van der Waals surface area contributed by atoms with Crippen LogP contribution in [0.25, 0.3) is 0 Å². The van der Waals surface area contributed by atoms with Crippen molar-refractivity contribution in [3.63, 3.8) is 0 Å². The molecule has 0 N–H and O–H groups in total. The molecule has 0 fully saturated rings. The van der Waals surface area contributed by atoms with Crippen LogP contribution in [-0.2, 0) is 23.2 Å². The molecule has 1 aliphatic carbocycles. The van der Waals surface area contributed by atoms with Crippen LogP contribution in [0, 0.1) is 0 Å². The van der Waals surface area contributed by atoms with Crippen LogP contribution >= 0.6 is 24.8 Å². The quantitative estimate of drug-likeness (QED) is 0.383. The average molecular weight is 728 g/mol. The standard InChI is InChI=1S/C6H9.C5H5.2Bi.2ClH.Zr/c1-4-6(3)5-2;1-2-4-5-3-1;;;;;/h1-3H3;1-3H,4H2;;;2*1H;. The van der Waals surface area contributed by atoms with Crippen molar-refractivity contribution in [2.24, 2.45) is 0 Å². The number of hydrogen-bond donors (Lipinski definition) is 0. The van der Waals surface area contributed by atoms with E-state index in [-0.39, 0.29) is 83.6 Å². The van der Waals surface area contributed by atoms with Crippen LogP contribution in [0.15, 0.2) is 30.4 Å². The molecule has 0 nitrogen and oxygen atoms in total. The van der Waals surface area contributed by atoms with Crippen molar-refractivity contribution in [2.45, 2.75) is 28.0 Å². The summed E-state index contributed by atoms with van der Waals surface area (Å²) in [5.41, 5.74) is 1.88. The molecule has 0 aromatic carbocycles. The fraction of sp³-hybridized carbons (Fsp3) is 0.455. The van der Waals surface area contributed by atoms with E-state index < -0.39 is 0 Å². The Morgan fingerprint density at radius 1 is 1.31 bits per heavy atom. The fourth-order valence-corrected chi connectivity index (χ4v) is 58.0. The molecule has 0 amide bonds. The van der Waals surface area contributed by atoms with Gasteiger partial charge in [0.25, 0.3) is 0 Å². The van der Waals surface area contributed by atoms with Gasteiger partial charge in [0, 0.05) is 0 Å². The number of allylic oxidation sites excluding steroid dienone is 6. The summed E-state index contributed by atoms with van der Waals surface area (Å²) in [6.45, 7) is 7.53. The van der Waals surface area contributed by atoms with Crippen molar-refractivity contribution in [3.05, 3.63) is 30.4 Å². The number of halogens is 2. The molecule has 88 valence electrons. The predicted molar refractivity (Wildman–Crippen MR) is 74.6 cm³/mol. The summed E-state index contributed by atoms with van der Waals surface area (Å²) < 4.78 is 4.68. The summed E-state index contributed by atoms with van der Waals surface area (Å²) in [5.74, 6) is 0. The van der Waals surface area contributed by atoms with E-state index in [1.54, 1.807) is 0 Å². The summed E-state index contributed by atoms with van der Waals surface area (Å²) in [6.07, 6.45) is 8.34. The van der Waals surface area contributed by atoms with Crippen molar-refractivity contribution in [1.29, 1.82) is 0 Å². The molecule has 0 aromatic heterocycles. The molecular formula is C11H16Bi2Cl2Zr. The second kappa shape index (κ2) is 7.90. The van der Waals surface area contributed by atoms with E-state index >= 15 is 0 Å². The van der Waals surface area contributed by atoms with Gasteiger partial charge in [-0.1, -0.05) is 0 Å². The van der Waals surface area contributed by atoms with Crippen molar-refractivity contribution in [2.75, 3.05) is 0 Å². The summed E-state index contributed by atoms with van der Waals surface area (Å²) in [7, 11) is 0. The van der Waals surface area contributed by atoms with Crippen LogP contribution in [0.1, 0.15) is 27.2 Å². The van der Waals surface area contributed by atoms with E-state index in [2.05, 4.69) is 39.0 Å². The maximum Gasteiger partial charge on any atom is -0.147 e. The van der Waals surface area contributed by atoms with Crippen LogP contribution in [0.3, 0.4) is 0 Å². The van der Waals surface area contributed by atoms with Gasteiger partial charge >= 0.3 is 117 Å². The first-order valence-corrected chi connectivity index (χ1v) is 26.0. The van der Waals surface area contributed by atoms with E-state index in [1.165, 1.54) is 6.42 Å². The Labute approximate surface area is 139 Å². The molecule has 0 spiro atoms. The second-order valence-corrected chi connectivity index (χ2v) is 34.1. The first kappa shape index (κ1) is 18.4. The van der Waals surface area contributed by atoms with Crippen molar-refractivity contribution in [3.8, 4) is 0 Å². The Kier molecular flexibility index (Phi) is 9.11. The number of rotatable bonds is 2. The van der Waals surface area contributed by atoms with Crippen LogP contribution < -0.4 is 0 Å². The third kappa shape index (κ3) is 4.23. The van der Waals surface area contributed by atoms with Gasteiger partial charge in [0.15, 0.2) is 0 Å². The van der Waals surface area contributed by atoms with Gasteiger partial charge in [-0.15, -0.1) is 24.8 Å². The molecule has 0 saturated heterocycles. The Hall–Kier alpha value is 2.45. The van der Waals surface area contributed by atoms with Crippen molar-refractivity contribution >= 4 is 60.4 Å². The first-order chi connectivity index (χ1) is 6.62. The predicted octanol–water partition coefficient (Wildman–Crippen LogP) is 3.52. The summed E-state index contributed by atoms with van der Waals surface area (Å²) >= 11 is -0.304. The second-order valence-electron chi connectivity index (χ2n) is 3.93. The third-order valence-corrected chi connectivity index (χ3v) is 61.2. The summed E-state index contributed by atoms with van der Waals surface area (Å²) in [4.78, 5) is 0. The van der Waals surface area contributed by atoms with E-state index in [0.717, 1.165) is 0.831 Å². The molecule has 1 unspecified atom stereocenters. The largest absolute Gasteiger partial charge is 0.147 e. The molecular weight excluding hydrogens is 712 g/mol. The topological polar surface area (TPSA) is 0 Å². The Balaban J connectivity index is 0.00000112. The molecule has 0 aromatic rings. The van der Waals surface area contributed by atoms with Gasteiger partial charge in [-0.05, 0) is 0 Å². The molecule has 2 aliphatic rings. The molecule has 1 aliphatic heterocycles. The summed E-state index contributed by atoms with van der Waals surface area (Å²) in [5, 5.41) is 0. The molecule has 16 heavy (non-hydrogen) atoms. The van der Waals surface area contributed by atoms with Crippen molar-refractivity contribution in [1.82, 2.24) is 0 Å². The smallest absolute Gasteiger partial charge is 0.147 e. The van der Waals surface area contributed by atoms with E-state index in [9.17, 15) is 0 Å². The van der Waals surface area contributed by atoms with Crippen LogP contribution in [-0.4, -0.2) is 35.6 Å². The van der Waals surface area contributed by atoms with E-state index in [1.807, 2.05) is 12.1 Å². The third-order valence-electron chi connectivity index (χ3n) is 2.85. The molecule has 1 atom stereocenters. The minimum Gasteiger partial charge on any atom is -0.147 e. The van der Waals surface area contributed by atoms with Gasteiger partial charge in [-0.3, -0.25) is 0 Å². The van der Waals surface area contributed by atoms with Gasteiger partial charge in [0.2, 0.25) is 0 Å². The molecule has 0 bridgehead atoms. The fourth-order valence-electron chi connectivity index (χ4n) is 1.65. The Bertz CT molecular complexity index is 385. The van der Waals surface area contributed by atoms with Crippen molar-refractivity contribution < 1.29 is 23.2 Å².